The van der Waals surface area contributed by atoms with Crippen LogP contribution in [0.15, 0.2) is 42.6 Å². The summed E-state index contributed by atoms with van der Waals surface area (Å²) < 4.78 is 41.0. The van der Waals surface area contributed by atoms with Crippen LogP contribution < -0.4 is 10.1 Å². The predicted molar refractivity (Wildman–Crippen MR) is 83.7 cm³/mol. The molecule has 1 N–H and O–H groups in total. The highest BCUT2D eigenvalue weighted by molar-refractivity contribution is 7.90. The second kappa shape index (κ2) is 7.19. The molecular weight excluding hydrogens is 323 g/mol. The summed E-state index contributed by atoms with van der Waals surface area (Å²) in [7, 11) is -3.20. The standard InChI is InChI=1S/C15H15FN2O4S/c1-23(20,21)8-7-14-13(16)9-11(10-17-14)18-15(19)22-12-5-3-2-4-6-12/h2-6,9-10H,7-8H2,1H3,(H,18,19). The first-order valence-electron chi connectivity index (χ1n) is 6.69. The van der Waals surface area contributed by atoms with Gasteiger partial charge in [0.25, 0.3) is 0 Å². The number of carbonyl (C=O) groups is 1. The van der Waals surface area contributed by atoms with E-state index < -0.39 is 21.7 Å². The van der Waals surface area contributed by atoms with Gasteiger partial charge in [-0.25, -0.2) is 17.6 Å². The minimum absolute atomic E-state index is 0.0254. The number of amides is 1. The van der Waals surface area contributed by atoms with E-state index in [0.29, 0.717) is 5.75 Å². The van der Waals surface area contributed by atoms with E-state index in [1.54, 1.807) is 30.3 Å². The monoisotopic (exact) mass is 338 g/mol. The summed E-state index contributed by atoms with van der Waals surface area (Å²) in [5.74, 6) is -0.533. The molecule has 0 aliphatic carbocycles. The zero-order valence-electron chi connectivity index (χ0n) is 12.3. The van der Waals surface area contributed by atoms with Crippen molar-refractivity contribution in [3.63, 3.8) is 0 Å². The second-order valence-electron chi connectivity index (χ2n) is 4.86. The molecule has 8 heteroatoms. The minimum atomic E-state index is -3.20. The lowest BCUT2D eigenvalue weighted by molar-refractivity contribution is 0.215. The fourth-order valence-corrected chi connectivity index (χ4v) is 2.30. The van der Waals surface area contributed by atoms with Crippen molar-refractivity contribution in [2.75, 3.05) is 17.3 Å². The molecule has 0 saturated heterocycles. The van der Waals surface area contributed by atoms with Crippen LogP contribution in [0.5, 0.6) is 5.75 Å². The lowest BCUT2D eigenvalue weighted by atomic mass is 10.2. The van der Waals surface area contributed by atoms with Crippen LogP contribution in [0.2, 0.25) is 0 Å². The maximum absolute atomic E-state index is 13.9. The summed E-state index contributed by atoms with van der Waals surface area (Å²) in [6, 6.07) is 9.47. The fraction of sp³-hybridized carbons (Fsp3) is 0.200. The van der Waals surface area contributed by atoms with Gasteiger partial charge in [-0.2, -0.15) is 0 Å². The van der Waals surface area contributed by atoms with E-state index in [9.17, 15) is 17.6 Å². The minimum Gasteiger partial charge on any atom is -0.410 e. The Hall–Kier alpha value is -2.48. The smallest absolute Gasteiger partial charge is 0.410 e. The van der Waals surface area contributed by atoms with Crippen molar-refractivity contribution in [3.8, 4) is 5.75 Å². The highest BCUT2D eigenvalue weighted by atomic mass is 32.2. The third-order valence-corrected chi connectivity index (χ3v) is 3.77. The van der Waals surface area contributed by atoms with Crippen molar-refractivity contribution in [3.05, 3.63) is 54.1 Å². The number of ether oxygens (including phenoxy) is 1. The van der Waals surface area contributed by atoms with Crippen LogP contribution in [0.25, 0.3) is 0 Å². The third kappa shape index (κ3) is 5.67. The van der Waals surface area contributed by atoms with E-state index in [1.165, 1.54) is 6.20 Å². The Bertz CT molecular complexity index is 794. The summed E-state index contributed by atoms with van der Waals surface area (Å²) in [6.45, 7) is 0. The summed E-state index contributed by atoms with van der Waals surface area (Å²) in [4.78, 5) is 15.5. The van der Waals surface area contributed by atoms with Crippen LogP contribution in [0.1, 0.15) is 5.69 Å². The molecule has 0 unspecified atom stereocenters. The Morgan fingerprint density at radius 1 is 1.30 bits per heavy atom. The van der Waals surface area contributed by atoms with Gasteiger partial charge in [0.1, 0.15) is 21.4 Å². The van der Waals surface area contributed by atoms with Crippen LogP contribution in [0.3, 0.4) is 0 Å². The van der Waals surface area contributed by atoms with Gasteiger partial charge in [0, 0.05) is 18.7 Å². The highest BCUT2D eigenvalue weighted by Gasteiger charge is 2.11. The molecule has 0 aliphatic rings. The topological polar surface area (TPSA) is 85.4 Å². The van der Waals surface area contributed by atoms with Crippen LogP contribution >= 0.6 is 0 Å². The molecule has 6 nitrogen and oxygen atoms in total. The normalized spacial score (nSPS) is 11.0. The van der Waals surface area contributed by atoms with Crippen molar-refractivity contribution in [1.82, 2.24) is 4.98 Å². The van der Waals surface area contributed by atoms with Gasteiger partial charge in [-0.05, 0) is 12.1 Å². The average molecular weight is 338 g/mol. The largest absolute Gasteiger partial charge is 0.417 e. The van der Waals surface area contributed by atoms with Gasteiger partial charge in [-0.1, -0.05) is 18.2 Å². The van der Waals surface area contributed by atoms with Crippen LogP contribution in [-0.4, -0.2) is 31.5 Å². The Morgan fingerprint density at radius 3 is 2.61 bits per heavy atom. The van der Waals surface area contributed by atoms with E-state index in [-0.39, 0.29) is 23.6 Å². The summed E-state index contributed by atoms with van der Waals surface area (Å²) in [5, 5.41) is 2.35. The Balaban J connectivity index is 1.98. The molecule has 23 heavy (non-hydrogen) atoms. The Morgan fingerprint density at radius 2 is 2.00 bits per heavy atom. The summed E-state index contributed by atoms with van der Waals surface area (Å²) in [6.07, 6.45) is 1.51. The van der Waals surface area contributed by atoms with Crippen LogP contribution in [0, 0.1) is 5.82 Å². The molecule has 0 fully saturated rings. The first kappa shape index (κ1) is 16.9. The number of carbonyl (C=O) groups excluding carboxylic acids is 1. The number of nitrogens with zero attached hydrogens (tertiary/aromatic N) is 1. The highest BCUT2D eigenvalue weighted by Crippen LogP contribution is 2.14. The lowest BCUT2D eigenvalue weighted by Gasteiger charge is -2.08. The maximum Gasteiger partial charge on any atom is 0.417 e. The molecule has 1 amide bonds. The molecule has 1 heterocycles. The molecule has 2 aromatic rings. The van der Waals surface area contributed by atoms with E-state index in [4.69, 9.17) is 4.74 Å². The first-order chi connectivity index (χ1) is 10.8. The molecule has 1 aromatic heterocycles. The van der Waals surface area contributed by atoms with E-state index in [2.05, 4.69) is 10.3 Å². The van der Waals surface area contributed by atoms with Gasteiger partial charge in [-0.3, -0.25) is 10.3 Å². The van der Waals surface area contributed by atoms with Crippen molar-refractivity contribution < 1.29 is 22.3 Å². The summed E-state index contributed by atoms with van der Waals surface area (Å²) >= 11 is 0. The van der Waals surface area contributed by atoms with Gasteiger partial charge in [0.2, 0.25) is 0 Å². The molecule has 2 rings (SSSR count). The number of pyridine rings is 1. The van der Waals surface area contributed by atoms with Gasteiger partial charge in [0.05, 0.1) is 23.3 Å². The number of aromatic nitrogens is 1. The molecule has 0 bridgehead atoms. The zero-order valence-corrected chi connectivity index (χ0v) is 13.1. The number of halogens is 1. The maximum atomic E-state index is 13.9. The van der Waals surface area contributed by atoms with E-state index >= 15 is 0 Å². The number of sulfone groups is 1. The molecule has 1 aromatic carbocycles. The number of hydrogen-bond donors (Lipinski definition) is 1. The number of benzene rings is 1. The van der Waals surface area contributed by atoms with Gasteiger partial charge < -0.3 is 4.74 Å². The van der Waals surface area contributed by atoms with Gasteiger partial charge >= 0.3 is 6.09 Å². The molecular formula is C15H15FN2O4S. The molecule has 0 radical (unpaired) electrons. The van der Waals surface area contributed by atoms with E-state index in [0.717, 1.165) is 12.3 Å². The van der Waals surface area contributed by atoms with Crippen LogP contribution in [-0.2, 0) is 16.3 Å². The van der Waals surface area contributed by atoms with Gasteiger partial charge in [-0.15, -0.1) is 0 Å². The predicted octanol–water partition coefficient (Wildman–Crippen LogP) is 2.42. The zero-order chi connectivity index (χ0) is 16.9. The lowest BCUT2D eigenvalue weighted by Crippen LogP contribution is -2.17. The van der Waals surface area contributed by atoms with Crippen molar-refractivity contribution in [2.24, 2.45) is 0 Å². The number of rotatable bonds is 5. The van der Waals surface area contributed by atoms with Crippen molar-refractivity contribution >= 4 is 21.6 Å². The number of nitrogens with one attached hydrogen (secondary N) is 1. The van der Waals surface area contributed by atoms with E-state index in [1.807, 2.05) is 0 Å². The Labute approximate surface area is 133 Å². The average Bonchev–Trinajstić information content (AvgIpc) is 2.46. The van der Waals surface area contributed by atoms with Gasteiger partial charge in [0.15, 0.2) is 0 Å². The third-order valence-electron chi connectivity index (χ3n) is 2.83. The Kier molecular flexibility index (Phi) is 5.28. The van der Waals surface area contributed by atoms with Crippen molar-refractivity contribution in [1.29, 1.82) is 0 Å². The number of para-hydroxylation sites is 1. The quantitative estimate of drug-likeness (QED) is 0.905. The number of hydrogen-bond acceptors (Lipinski definition) is 5. The second-order valence-corrected chi connectivity index (χ2v) is 7.12. The number of anilines is 1. The first-order valence-corrected chi connectivity index (χ1v) is 8.75. The molecule has 122 valence electrons. The summed E-state index contributed by atoms with van der Waals surface area (Å²) in [5.41, 5.74) is 0.143. The fourth-order valence-electron chi connectivity index (χ4n) is 1.74. The number of aryl methyl sites for hydroxylation is 1. The molecule has 0 spiro atoms. The SMILES string of the molecule is CS(=O)(=O)CCc1ncc(NC(=O)Oc2ccccc2)cc1F. The molecule has 0 atom stereocenters. The van der Waals surface area contributed by atoms with Crippen molar-refractivity contribution in [2.45, 2.75) is 6.42 Å². The van der Waals surface area contributed by atoms with Crippen LogP contribution in [0.4, 0.5) is 14.9 Å². The molecule has 0 aliphatic heterocycles. The molecule has 0 saturated carbocycles.